The van der Waals surface area contributed by atoms with E-state index < -0.39 is 4.92 Å². The summed E-state index contributed by atoms with van der Waals surface area (Å²) in [4.78, 5) is 23.0. The molecule has 0 radical (unpaired) electrons. The van der Waals surface area contributed by atoms with Crippen LogP contribution >= 0.6 is 0 Å². The van der Waals surface area contributed by atoms with E-state index in [4.69, 9.17) is 0 Å². The highest BCUT2D eigenvalue weighted by Gasteiger charge is 2.18. The number of carbonyl (C=O) groups is 1. The van der Waals surface area contributed by atoms with Gasteiger partial charge in [0.15, 0.2) is 5.69 Å². The molecule has 1 heterocycles. The maximum atomic E-state index is 12.5. The molecular weight excluding hydrogens is 346 g/mol. The van der Waals surface area contributed by atoms with Crippen LogP contribution in [0, 0.1) is 30.9 Å². The number of nitrogens with zero attached hydrogens (tertiary/aromatic N) is 4. The van der Waals surface area contributed by atoms with Gasteiger partial charge in [0.2, 0.25) is 0 Å². The van der Waals surface area contributed by atoms with Crippen molar-refractivity contribution in [2.75, 3.05) is 0 Å². The van der Waals surface area contributed by atoms with Crippen LogP contribution < -0.4 is 5.32 Å². The number of nitro benzene ring substituents is 1. The summed E-state index contributed by atoms with van der Waals surface area (Å²) in [7, 11) is 0. The van der Waals surface area contributed by atoms with Gasteiger partial charge >= 0.3 is 0 Å². The van der Waals surface area contributed by atoms with E-state index in [1.165, 1.54) is 22.4 Å². The number of hydrogen-bond donors (Lipinski definition) is 1. The molecule has 0 aliphatic rings. The Morgan fingerprint density at radius 2 is 1.96 bits per heavy atom. The molecule has 27 heavy (non-hydrogen) atoms. The van der Waals surface area contributed by atoms with Crippen LogP contribution in [-0.2, 0) is 6.54 Å². The number of rotatable bonds is 5. The lowest BCUT2D eigenvalue weighted by Crippen LogP contribution is -2.24. The van der Waals surface area contributed by atoms with Crippen molar-refractivity contribution in [2.24, 2.45) is 0 Å². The molecule has 0 bridgehead atoms. The average Bonchev–Trinajstić information content (AvgIpc) is 3.02. The molecule has 0 saturated heterocycles. The summed E-state index contributed by atoms with van der Waals surface area (Å²) in [5.41, 5.74) is 4.41. The van der Waals surface area contributed by atoms with Crippen LogP contribution in [0.25, 0.3) is 5.69 Å². The maximum Gasteiger partial charge on any atom is 0.274 e. The summed E-state index contributed by atoms with van der Waals surface area (Å²) in [5, 5.41) is 21.7. The topological polar surface area (TPSA) is 103 Å². The molecule has 8 nitrogen and oxygen atoms in total. The Kier molecular flexibility index (Phi) is 4.98. The highest BCUT2D eigenvalue weighted by molar-refractivity contribution is 5.93. The summed E-state index contributed by atoms with van der Waals surface area (Å²) >= 11 is 0. The second kappa shape index (κ2) is 7.36. The molecule has 3 rings (SSSR count). The molecular formula is C19H19N5O3. The van der Waals surface area contributed by atoms with E-state index in [1.54, 1.807) is 19.1 Å². The van der Waals surface area contributed by atoms with Gasteiger partial charge in [-0.1, -0.05) is 35.0 Å². The van der Waals surface area contributed by atoms with Crippen molar-refractivity contribution in [3.63, 3.8) is 0 Å². The van der Waals surface area contributed by atoms with Crippen molar-refractivity contribution < 1.29 is 9.72 Å². The zero-order chi connectivity index (χ0) is 19.6. The number of amides is 1. The van der Waals surface area contributed by atoms with Gasteiger partial charge < -0.3 is 5.32 Å². The van der Waals surface area contributed by atoms with E-state index in [9.17, 15) is 14.9 Å². The highest BCUT2D eigenvalue weighted by atomic mass is 16.6. The molecule has 2 aromatic carbocycles. The first-order valence-electron chi connectivity index (χ1n) is 8.38. The van der Waals surface area contributed by atoms with E-state index in [0.29, 0.717) is 17.9 Å². The number of hydrogen-bond acceptors (Lipinski definition) is 5. The fraction of sp³-hybridized carbons (Fsp3) is 0.211. The van der Waals surface area contributed by atoms with Crippen LogP contribution in [0.5, 0.6) is 0 Å². The third kappa shape index (κ3) is 3.84. The minimum Gasteiger partial charge on any atom is -0.346 e. The summed E-state index contributed by atoms with van der Waals surface area (Å²) in [6.07, 6.45) is 0. The van der Waals surface area contributed by atoms with Gasteiger partial charge in [-0.25, -0.2) is 4.68 Å². The number of carbonyl (C=O) groups excluding carboxylic acids is 1. The van der Waals surface area contributed by atoms with Crippen molar-refractivity contribution >= 4 is 11.6 Å². The summed E-state index contributed by atoms with van der Waals surface area (Å²) in [6, 6.07) is 12.1. The van der Waals surface area contributed by atoms with Gasteiger partial charge in [0.1, 0.15) is 0 Å². The molecule has 0 spiro atoms. The third-order valence-electron chi connectivity index (χ3n) is 4.33. The van der Waals surface area contributed by atoms with Gasteiger partial charge in [0.25, 0.3) is 11.6 Å². The first-order chi connectivity index (χ1) is 12.9. The fourth-order valence-electron chi connectivity index (χ4n) is 2.83. The smallest absolute Gasteiger partial charge is 0.274 e. The summed E-state index contributed by atoms with van der Waals surface area (Å²) in [5.74, 6) is -0.343. The molecule has 0 aliphatic heterocycles. The molecule has 0 aliphatic carbocycles. The Balaban J connectivity index is 1.79. The number of aryl methyl sites for hydroxylation is 2. The first-order valence-corrected chi connectivity index (χ1v) is 8.38. The average molecular weight is 365 g/mol. The van der Waals surface area contributed by atoms with Gasteiger partial charge in [-0.15, -0.1) is 5.10 Å². The van der Waals surface area contributed by atoms with Crippen LogP contribution in [0.4, 0.5) is 5.69 Å². The van der Waals surface area contributed by atoms with Gasteiger partial charge in [-0.05, 0) is 38.0 Å². The summed E-state index contributed by atoms with van der Waals surface area (Å²) in [6.45, 7) is 6.10. The molecule has 8 heteroatoms. The van der Waals surface area contributed by atoms with Crippen molar-refractivity contribution in [3.05, 3.63) is 80.7 Å². The number of benzene rings is 2. The molecule has 0 unspecified atom stereocenters. The zero-order valence-electron chi connectivity index (χ0n) is 15.3. The Bertz CT molecular complexity index is 1030. The molecule has 1 amide bonds. The van der Waals surface area contributed by atoms with Crippen molar-refractivity contribution in [2.45, 2.75) is 27.3 Å². The fourth-order valence-corrected chi connectivity index (χ4v) is 2.83. The second-order valence-electron chi connectivity index (χ2n) is 6.32. The standard InChI is InChI=1S/C19H19N5O3/c1-12-7-8-15(13(2)9-12)11-20-19(25)18-14(3)23(22-21-18)16-5-4-6-17(10-16)24(26)27/h4-10H,11H2,1-3H3,(H,20,25). The number of nitro groups is 1. The predicted molar refractivity (Wildman–Crippen MR) is 99.8 cm³/mol. The second-order valence-corrected chi connectivity index (χ2v) is 6.32. The number of nitrogens with one attached hydrogen (secondary N) is 1. The van der Waals surface area contributed by atoms with E-state index >= 15 is 0 Å². The molecule has 0 fully saturated rings. The van der Waals surface area contributed by atoms with E-state index in [0.717, 1.165) is 11.1 Å². The van der Waals surface area contributed by atoms with Crippen LogP contribution in [0.2, 0.25) is 0 Å². The monoisotopic (exact) mass is 365 g/mol. The lowest BCUT2D eigenvalue weighted by atomic mass is 10.1. The Labute approximate surface area is 156 Å². The van der Waals surface area contributed by atoms with Crippen LogP contribution in [0.15, 0.2) is 42.5 Å². The maximum absolute atomic E-state index is 12.5. The Morgan fingerprint density at radius 3 is 2.67 bits per heavy atom. The molecule has 0 atom stereocenters. The van der Waals surface area contributed by atoms with Crippen LogP contribution in [-0.4, -0.2) is 25.8 Å². The number of aromatic nitrogens is 3. The molecule has 1 N–H and O–H groups in total. The van der Waals surface area contributed by atoms with E-state index in [-0.39, 0.29) is 17.3 Å². The quantitative estimate of drug-likeness (QED) is 0.553. The van der Waals surface area contributed by atoms with Gasteiger partial charge in [-0.2, -0.15) is 0 Å². The SMILES string of the molecule is Cc1ccc(CNC(=O)c2nnn(-c3cccc([N+](=O)[O-])c3)c2C)c(C)c1. The third-order valence-corrected chi connectivity index (χ3v) is 4.33. The van der Waals surface area contributed by atoms with Crippen LogP contribution in [0.3, 0.4) is 0 Å². The van der Waals surface area contributed by atoms with E-state index in [2.05, 4.69) is 21.7 Å². The molecule has 138 valence electrons. The van der Waals surface area contributed by atoms with Crippen molar-refractivity contribution in [1.82, 2.24) is 20.3 Å². The van der Waals surface area contributed by atoms with Gasteiger partial charge in [0, 0.05) is 18.7 Å². The van der Waals surface area contributed by atoms with Crippen molar-refractivity contribution in [1.29, 1.82) is 0 Å². The van der Waals surface area contributed by atoms with E-state index in [1.807, 2.05) is 26.0 Å². The normalized spacial score (nSPS) is 10.6. The first kappa shape index (κ1) is 18.2. The lowest BCUT2D eigenvalue weighted by molar-refractivity contribution is -0.384. The molecule has 0 saturated carbocycles. The lowest BCUT2D eigenvalue weighted by Gasteiger charge is -2.08. The minimum absolute atomic E-state index is 0.0525. The van der Waals surface area contributed by atoms with Gasteiger partial charge in [-0.3, -0.25) is 14.9 Å². The minimum atomic E-state index is -0.479. The summed E-state index contributed by atoms with van der Waals surface area (Å²) < 4.78 is 1.42. The van der Waals surface area contributed by atoms with Gasteiger partial charge in [0.05, 0.1) is 16.3 Å². The van der Waals surface area contributed by atoms with Crippen molar-refractivity contribution in [3.8, 4) is 5.69 Å². The predicted octanol–water partition coefficient (Wildman–Crippen LogP) is 3.03. The highest BCUT2D eigenvalue weighted by Crippen LogP contribution is 2.18. The Morgan fingerprint density at radius 1 is 1.19 bits per heavy atom. The molecule has 1 aromatic heterocycles. The zero-order valence-corrected chi connectivity index (χ0v) is 15.3. The molecule has 3 aromatic rings. The number of non-ortho nitro benzene ring substituents is 1. The Hall–Kier alpha value is -3.55. The largest absolute Gasteiger partial charge is 0.346 e. The van der Waals surface area contributed by atoms with Crippen LogP contribution in [0.1, 0.15) is 32.9 Å².